The quantitative estimate of drug-likeness (QED) is 0.864. The Morgan fingerprint density at radius 2 is 2.06 bits per heavy atom. The van der Waals surface area contributed by atoms with Crippen molar-refractivity contribution in [3.8, 4) is 0 Å². The molecule has 17 heavy (non-hydrogen) atoms. The molecule has 94 valence electrons. The minimum atomic E-state index is -0.498. The smallest absolute Gasteiger partial charge is 0.0771 e. The molecule has 5 heteroatoms. The molecule has 2 rings (SSSR count). The number of hydrogen-bond donors (Lipinski definition) is 2. The van der Waals surface area contributed by atoms with Crippen LogP contribution < -0.4 is 5.32 Å². The number of halogens is 2. The number of pyridine rings is 1. The summed E-state index contributed by atoms with van der Waals surface area (Å²) in [6.07, 6.45) is 5.88. The van der Waals surface area contributed by atoms with Crippen LogP contribution in [0.1, 0.15) is 31.4 Å². The van der Waals surface area contributed by atoms with E-state index < -0.39 is 5.60 Å². The van der Waals surface area contributed by atoms with Crippen molar-refractivity contribution >= 4 is 31.9 Å². The molecule has 1 fully saturated rings. The van der Waals surface area contributed by atoms with E-state index in [1.807, 2.05) is 6.07 Å². The van der Waals surface area contributed by atoms with E-state index in [0.29, 0.717) is 13.1 Å². The van der Waals surface area contributed by atoms with Gasteiger partial charge in [0.15, 0.2) is 0 Å². The number of nitrogens with zero attached hydrogens (tertiary/aromatic N) is 1. The molecular formula is C12H16Br2N2O. The fourth-order valence-corrected chi connectivity index (χ4v) is 3.32. The summed E-state index contributed by atoms with van der Waals surface area (Å²) < 4.78 is 1.94. The third kappa shape index (κ3) is 3.74. The molecule has 0 amide bonds. The van der Waals surface area contributed by atoms with Gasteiger partial charge in [-0.3, -0.25) is 4.98 Å². The van der Waals surface area contributed by atoms with E-state index in [9.17, 15) is 5.11 Å². The number of hydrogen-bond acceptors (Lipinski definition) is 3. The highest BCUT2D eigenvalue weighted by atomic mass is 79.9. The van der Waals surface area contributed by atoms with E-state index >= 15 is 0 Å². The van der Waals surface area contributed by atoms with Crippen LogP contribution in [0.3, 0.4) is 0 Å². The summed E-state index contributed by atoms with van der Waals surface area (Å²) in [6, 6.07) is 1.98. The Bertz CT molecular complexity index is 392. The van der Waals surface area contributed by atoms with E-state index in [4.69, 9.17) is 0 Å². The fourth-order valence-electron chi connectivity index (χ4n) is 2.20. The molecule has 0 aromatic carbocycles. The van der Waals surface area contributed by atoms with E-state index in [2.05, 4.69) is 42.2 Å². The average Bonchev–Trinajstić information content (AvgIpc) is 2.69. The molecule has 3 nitrogen and oxygen atoms in total. The number of nitrogens with one attached hydrogen (secondary N) is 1. The van der Waals surface area contributed by atoms with Gasteiger partial charge in [0.2, 0.25) is 0 Å². The molecule has 0 unspecified atom stereocenters. The summed E-state index contributed by atoms with van der Waals surface area (Å²) in [5.41, 5.74) is 0.469. The SMILES string of the molecule is OC1(CNCc2ncc(Br)cc2Br)CCCC1. The van der Waals surface area contributed by atoms with Crippen molar-refractivity contribution in [1.29, 1.82) is 0 Å². The Kier molecular flexibility index (Phi) is 4.58. The van der Waals surface area contributed by atoms with Gasteiger partial charge >= 0.3 is 0 Å². The normalized spacial score (nSPS) is 18.5. The first-order valence-electron chi connectivity index (χ1n) is 5.82. The van der Waals surface area contributed by atoms with Gasteiger partial charge in [-0.25, -0.2) is 0 Å². The van der Waals surface area contributed by atoms with Gasteiger partial charge in [0.1, 0.15) is 0 Å². The van der Waals surface area contributed by atoms with Crippen molar-refractivity contribution in [3.05, 3.63) is 26.9 Å². The van der Waals surface area contributed by atoms with Crippen molar-refractivity contribution in [1.82, 2.24) is 10.3 Å². The lowest BCUT2D eigenvalue weighted by Crippen LogP contribution is -2.37. The van der Waals surface area contributed by atoms with E-state index in [0.717, 1.165) is 40.3 Å². The highest BCUT2D eigenvalue weighted by Crippen LogP contribution is 2.28. The number of rotatable bonds is 4. The first-order chi connectivity index (χ1) is 8.09. The molecule has 1 saturated carbocycles. The van der Waals surface area contributed by atoms with Crippen LogP contribution >= 0.6 is 31.9 Å². The van der Waals surface area contributed by atoms with Gasteiger partial charge in [-0.15, -0.1) is 0 Å². The molecule has 2 N–H and O–H groups in total. The molecule has 0 spiro atoms. The minimum absolute atomic E-state index is 0.498. The zero-order valence-corrected chi connectivity index (χ0v) is 12.7. The molecular weight excluding hydrogens is 348 g/mol. The first kappa shape index (κ1) is 13.5. The maximum atomic E-state index is 10.2. The molecule has 1 heterocycles. The molecule has 0 aliphatic heterocycles. The summed E-state index contributed by atoms with van der Waals surface area (Å²) in [4.78, 5) is 4.33. The molecule has 1 aromatic rings. The lowest BCUT2D eigenvalue weighted by Gasteiger charge is -2.22. The average molecular weight is 364 g/mol. The molecule has 1 aliphatic carbocycles. The van der Waals surface area contributed by atoms with Crippen LogP contribution in [-0.4, -0.2) is 22.2 Å². The highest BCUT2D eigenvalue weighted by molar-refractivity contribution is 9.11. The van der Waals surface area contributed by atoms with E-state index in [1.54, 1.807) is 6.20 Å². The van der Waals surface area contributed by atoms with Crippen LogP contribution in [0.2, 0.25) is 0 Å². The zero-order chi connectivity index (χ0) is 12.3. The second kappa shape index (κ2) is 5.78. The molecule has 1 aliphatic rings. The summed E-state index contributed by atoms with van der Waals surface area (Å²) in [5.74, 6) is 0. The lowest BCUT2D eigenvalue weighted by molar-refractivity contribution is 0.0474. The second-order valence-electron chi connectivity index (χ2n) is 4.62. The summed E-state index contributed by atoms with van der Waals surface area (Å²) >= 11 is 6.85. The van der Waals surface area contributed by atoms with Gasteiger partial charge in [0.05, 0.1) is 11.3 Å². The minimum Gasteiger partial charge on any atom is -0.389 e. The third-order valence-electron chi connectivity index (χ3n) is 3.16. The summed E-state index contributed by atoms with van der Waals surface area (Å²) in [6.45, 7) is 1.33. The Hall–Kier alpha value is 0.0300. The van der Waals surface area contributed by atoms with Crippen LogP contribution in [0.15, 0.2) is 21.2 Å². The maximum Gasteiger partial charge on any atom is 0.0771 e. The van der Waals surface area contributed by atoms with E-state index in [-0.39, 0.29) is 0 Å². The van der Waals surface area contributed by atoms with Gasteiger partial charge in [-0.1, -0.05) is 12.8 Å². The summed E-state index contributed by atoms with van der Waals surface area (Å²) in [5, 5.41) is 13.5. The van der Waals surface area contributed by atoms with E-state index in [1.165, 1.54) is 0 Å². The van der Waals surface area contributed by atoms with Gasteiger partial charge in [-0.2, -0.15) is 0 Å². The molecule has 0 radical (unpaired) electrons. The first-order valence-corrected chi connectivity index (χ1v) is 7.41. The van der Waals surface area contributed by atoms with Crippen molar-refractivity contribution in [3.63, 3.8) is 0 Å². The van der Waals surface area contributed by atoms with Crippen molar-refractivity contribution in [2.75, 3.05) is 6.54 Å². The Labute approximate surface area is 118 Å². The van der Waals surface area contributed by atoms with Crippen LogP contribution in [0, 0.1) is 0 Å². The third-order valence-corrected chi connectivity index (χ3v) is 4.29. The predicted octanol–water partition coefficient (Wildman–Crippen LogP) is 3.00. The predicted molar refractivity (Wildman–Crippen MR) is 74.8 cm³/mol. The topological polar surface area (TPSA) is 45.1 Å². The van der Waals surface area contributed by atoms with Crippen LogP contribution in [0.5, 0.6) is 0 Å². The molecule has 0 atom stereocenters. The number of aliphatic hydroxyl groups is 1. The van der Waals surface area contributed by atoms with Gasteiger partial charge in [0.25, 0.3) is 0 Å². The van der Waals surface area contributed by atoms with Crippen LogP contribution in [0.25, 0.3) is 0 Å². The Morgan fingerprint density at radius 1 is 1.35 bits per heavy atom. The monoisotopic (exact) mass is 362 g/mol. The molecule has 1 aromatic heterocycles. The van der Waals surface area contributed by atoms with Crippen molar-refractivity contribution < 1.29 is 5.11 Å². The van der Waals surface area contributed by atoms with Gasteiger partial charge in [0, 0.05) is 28.2 Å². The van der Waals surface area contributed by atoms with Crippen LogP contribution in [-0.2, 0) is 6.54 Å². The van der Waals surface area contributed by atoms with Gasteiger partial charge in [-0.05, 0) is 50.8 Å². The molecule has 0 bridgehead atoms. The van der Waals surface area contributed by atoms with Crippen LogP contribution in [0.4, 0.5) is 0 Å². The van der Waals surface area contributed by atoms with Gasteiger partial charge < -0.3 is 10.4 Å². The fraction of sp³-hybridized carbons (Fsp3) is 0.583. The van der Waals surface area contributed by atoms with Crippen molar-refractivity contribution in [2.24, 2.45) is 0 Å². The summed E-state index contributed by atoms with van der Waals surface area (Å²) in [7, 11) is 0. The molecule has 0 saturated heterocycles. The highest BCUT2D eigenvalue weighted by Gasteiger charge is 2.30. The maximum absolute atomic E-state index is 10.2. The zero-order valence-electron chi connectivity index (χ0n) is 9.55. The standard InChI is InChI=1S/C12H16Br2N2O/c13-9-5-10(14)11(16-6-9)7-15-8-12(17)3-1-2-4-12/h5-6,15,17H,1-4,7-8H2. The largest absolute Gasteiger partial charge is 0.389 e. The van der Waals surface area contributed by atoms with Crippen molar-refractivity contribution in [2.45, 2.75) is 37.8 Å². The lowest BCUT2D eigenvalue weighted by atomic mass is 10.0. The second-order valence-corrected chi connectivity index (χ2v) is 6.39. The Balaban J connectivity index is 1.85. The number of aromatic nitrogens is 1. The Morgan fingerprint density at radius 3 is 2.71 bits per heavy atom.